The van der Waals surface area contributed by atoms with Crippen LogP contribution < -0.4 is 4.18 Å². The van der Waals surface area contributed by atoms with Crippen molar-refractivity contribution in [3.05, 3.63) is 52.1 Å². The zero-order chi connectivity index (χ0) is 39.9. The molecule has 0 spiro atoms. The maximum absolute atomic E-state index is 15.7. The molecule has 57 heavy (non-hydrogen) atoms. The van der Waals surface area contributed by atoms with E-state index in [9.17, 15) is 27.4 Å². The molecule has 0 aliphatic heterocycles. The summed E-state index contributed by atoms with van der Waals surface area (Å²) in [6.07, 6.45) is 8.75. The lowest BCUT2D eigenvalue weighted by atomic mass is 9.44. The third kappa shape index (κ3) is 4.96. The van der Waals surface area contributed by atoms with Gasteiger partial charge >= 0.3 is 20.2 Å². The molecule has 12 bridgehead atoms. The zero-order valence-corrected chi connectivity index (χ0v) is 32.6. The van der Waals surface area contributed by atoms with Gasteiger partial charge in [-0.3, -0.25) is 18.9 Å². The molecule has 6 atom stereocenters. The standard InChI is InChI=1S/C42H42F4O9S2/c43-30-32(45)38(56(50,51)52)33(46)31(44)36(30)55-57(53,54)37-28(40-10-20-4-23(14-40)34(47)24(5-20)15-40)8-27(42-12-18-1-19(13-42)3-22(2-18)39(42)49)9-29(37)41-11-21-6-25(16-41)35(48)26(7-21)17-41/h8-9,18-26H,1-7,10-17H2,(H,50,51,52). The first-order valence-corrected chi connectivity index (χ1v) is 23.3. The van der Waals surface area contributed by atoms with Gasteiger partial charge in [-0.05, 0) is 148 Å². The third-order valence-corrected chi connectivity index (χ3v) is 18.9. The summed E-state index contributed by atoms with van der Waals surface area (Å²) >= 11 is 0. The lowest BCUT2D eigenvalue weighted by Gasteiger charge is -2.59. The number of Topliss-reactive ketones (excluding diaryl/α,β-unsaturated/α-hetero) is 3. The van der Waals surface area contributed by atoms with Crippen molar-refractivity contribution in [2.75, 3.05) is 0 Å². The van der Waals surface area contributed by atoms with Gasteiger partial charge in [0.15, 0.2) is 16.5 Å². The minimum absolute atomic E-state index is 0.0909. The van der Waals surface area contributed by atoms with Crippen molar-refractivity contribution in [1.82, 2.24) is 0 Å². The first-order chi connectivity index (χ1) is 26.8. The quantitative estimate of drug-likeness (QED) is 0.132. The molecule has 0 amide bonds. The summed E-state index contributed by atoms with van der Waals surface area (Å²) in [5, 5.41) is 0. The molecule has 15 heteroatoms. The van der Waals surface area contributed by atoms with Crippen molar-refractivity contribution in [2.24, 2.45) is 53.3 Å². The van der Waals surface area contributed by atoms with Gasteiger partial charge < -0.3 is 4.18 Å². The summed E-state index contributed by atoms with van der Waals surface area (Å²) in [5.74, 6) is -12.4. The molecule has 0 aromatic heterocycles. The number of hydrogen-bond donors (Lipinski definition) is 1. The number of carbonyl (C=O) groups excluding carboxylic acids is 3. The number of rotatable bonds is 7. The summed E-state index contributed by atoms with van der Waals surface area (Å²) in [5.41, 5.74) is -1.49. The average molecular weight is 831 g/mol. The second-order valence-corrected chi connectivity index (χ2v) is 22.7. The molecular formula is C42H42F4O9S2. The lowest BCUT2D eigenvalue weighted by molar-refractivity contribution is -0.143. The first-order valence-electron chi connectivity index (χ1n) is 20.4. The van der Waals surface area contributed by atoms with E-state index in [1.54, 1.807) is 12.1 Å². The fourth-order valence-electron chi connectivity index (χ4n) is 15.3. The summed E-state index contributed by atoms with van der Waals surface area (Å²) in [6, 6.07) is 3.56. The van der Waals surface area contributed by atoms with Gasteiger partial charge in [0.1, 0.15) is 22.2 Å². The molecule has 9 nitrogen and oxygen atoms in total. The number of benzene rings is 2. The Balaban J connectivity index is 1.19. The number of ketones is 3. The average Bonchev–Trinajstić information content (AvgIpc) is 3.13. The van der Waals surface area contributed by atoms with Crippen LogP contribution in [0, 0.1) is 76.5 Å². The fourth-order valence-corrected chi connectivity index (χ4v) is 17.5. The molecular weight excluding hydrogens is 789 g/mol. The largest absolute Gasteiger partial charge is 0.372 e. The highest BCUT2D eigenvalue weighted by atomic mass is 32.2. The van der Waals surface area contributed by atoms with Crippen LogP contribution in [0.4, 0.5) is 17.6 Å². The highest BCUT2D eigenvalue weighted by molar-refractivity contribution is 7.87. The Labute approximate surface area is 327 Å². The van der Waals surface area contributed by atoms with E-state index in [0.29, 0.717) is 94.4 Å². The van der Waals surface area contributed by atoms with Crippen molar-refractivity contribution in [1.29, 1.82) is 0 Å². The predicted molar refractivity (Wildman–Crippen MR) is 191 cm³/mol. The van der Waals surface area contributed by atoms with E-state index in [1.807, 2.05) is 0 Å². The van der Waals surface area contributed by atoms with E-state index in [1.165, 1.54) is 0 Å². The minimum atomic E-state index is -5.84. The van der Waals surface area contributed by atoms with Crippen molar-refractivity contribution < 1.29 is 57.5 Å². The zero-order valence-electron chi connectivity index (χ0n) is 31.0. The molecule has 0 heterocycles. The second-order valence-electron chi connectivity index (χ2n) is 19.9. The normalized spacial score (nSPS) is 41.1. The molecule has 14 rings (SSSR count). The third-order valence-electron chi connectivity index (χ3n) is 16.7. The summed E-state index contributed by atoms with van der Waals surface area (Å²) in [7, 11) is -11.3. The van der Waals surface area contributed by atoms with Gasteiger partial charge in [0.2, 0.25) is 17.4 Å². The van der Waals surface area contributed by atoms with Crippen molar-refractivity contribution in [3.8, 4) is 5.75 Å². The maximum atomic E-state index is 15.7. The summed E-state index contributed by atoms with van der Waals surface area (Å²) < 4.78 is 130. The van der Waals surface area contributed by atoms with E-state index in [2.05, 4.69) is 0 Å². The highest BCUT2D eigenvalue weighted by Gasteiger charge is 2.63. The van der Waals surface area contributed by atoms with Crippen LogP contribution in [0.5, 0.6) is 5.75 Å². The molecule has 12 fully saturated rings. The number of halogens is 4. The highest BCUT2D eigenvalue weighted by Crippen LogP contribution is 2.66. The van der Waals surface area contributed by atoms with Gasteiger partial charge in [-0.25, -0.2) is 8.78 Å². The minimum Gasteiger partial charge on any atom is -0.372 e. The fraction of sp³-hybridized carbons (Fsp3) is 0.643. The molecule has 6 unspecified atom stereocenters. The molecule has 12 aliphatic carbocycles. The molecule has 0 saturated heterocycles. The van der Waals surface area contributed by atoms with Crippen LogP contribution >= 0.6 is 0 Å². The molecule has 2 aromatic rings. The van der Waals surface area contributed by atoms with Crippen molar-refractivity contribution in [3.63, 3.8) is 0 Å². The molecule has 1 N–H and O–H groups in total. The Bertz CT molecular complexity index is 2330. The Kier molecular flexibility index (Phi) is 7.47. The van der Waals surface area contributed by atoms with Crippen molar-refractivity contribution in [2.45, 2.75) is 122 Å². The molecule has 0 radical (unpaired) electrons. The SMILES string of the molecule is O=C1C2CC3CC1CC(c1cc(C45CC6CC(CC(C6)C4=O)C5)cc(C45CC6CC(C4)C(=O)C(C6)C5)c1S(=O)(=O)Oc1c(F)c(F)c(S(=O)(=O)O)c(F)c1F)(C3)C2. The molecule has 2 aromatic carbocycles. The van der Waals surface area contributed by atoms with Crippen molar-refractivity contribution >= 4 is 37.6 Å². The van der Waals surface area contributed by atoms with Gasteiger partial charge in [0.25, 0.3) is 0 Å². The second kappa shape index (κ2) is 11.6. The first kappa shape index (κ1) is 36.9. The van der Waals surface area contributed by atoms with E-state index in [4.69, 9.17) is 4.18 Å². The van der Waals surface area contributed by atoms with E-state index >= 15 is 26.0 Å². The smallest absolute Gasteiger partial charge is 0.340 e. The van der Waals surface area contributed by atoms with Gasteiger partial charge in [0, 0.05) is 29.6 Å². The molecule has 304 valence electrons. The predicted octanol–water partition coefficient (Wildman–Crippen LogP) is 7.20. The monoisotopic (exact) mass is 830 g/mol. The Morgan fingerprint density at radius 2 is 0.947 bits per heavy atom. The molecule has 12 saturated carbocycles. The summed E-state index contributed by atoms with van der Waals surface area (Å²) in [4.78, 5) is 39.0. The van der Waals surface area contributed by atoms with Crippen LogP contribution in [0.1, 0.15) is 113 Å². The van der Waals surface area contributed by atoms with E-state index in [-0.39, 0.29) is 69.9 Å². The van der Waals surface area contributed by atoms with Gasteiger partial charge in [-0.2, -0.15) is 25.6 Å². The van der Waals surface area contributed by atoms with E-state index < -0.39 is 75.3 Å². The van der Waals surface area contributed by atoms with E-state index in [0.717, 1.165) is 19.3 Å². The topological polar surface area (TPSA) is 149 Å². The van der Waals surface area contributed by atoms with Crippen LogP contribution in [0.3, 0.4) is 0 Å². The van der Waals surface area contributed by atoms with Crippen LogP contribution in [0.2, 0.25) is 0 Å². The Morgan fingerprint density at radius 3 is 1.37 bits per heavy atom. The van der Waals surface area contributed by atoms with Gasteiger partial charge in [0.05, 0.1) is 5.41 Å². The number of hydrogen-bond acceptors (Lipinski definition) is 8. The van der Waals surface area contributed by atoms with Crippen LogP contribution in [0.25, 0.3) is 0 Å². The van der Waals surface area contributed by atoms with Crippen LogP contribution in [-0.2, 0) is 50.9 Å². The Hall–Kier alpha value is -3.17. The molecule has 12 aliphatic rings. The van der Waals surface area contributed by atoms with Crippen LogP contribution in [0.15, 0.2) is 21.9 Å². The number of carbonyl (C=O) groups is 3. The lowest BCUT2D eigenvalue weighted by Crippen LogP contribution is -2.57. The summed E-state index contributed by atoms with van der Waals surface area (Å²) in [6.45, 7) is 0. The Morgan fingerprint density at radius 1 is 0.544 bits per heavy atom. The van der Waals surface area contributed by atoms with Gasteiger partial charge in [-0.15, -0.1) is 0 Å². The maximum Gasteiger partial charge on any atom is 0.340 e. The van der Waals surface area contributed by atoms with Crippen LogP contribution in [-0.4, -0.2) is 38.7 Å². The van der Waals surface area contributed by atoms with Gasteiger partial charge in [-0.1, -0.05) is 12.1 Å².